The third-order valence-electron chi connectivity index (χ3n) is 6.78. The molecule has 0 radical (unpaired) electrons. The van der Waals surface area contributed by atoms with Gasteiger partial charge in [0, 0.05) is 50.5 Å². The summed E-state index contributed by atoms with van der Waals surface area (Å²) in [7, 11) is 0. The van der Waals surface area contributed by atoms with Crippen molar-refractivity contribution in [1.82, 2.24) is 9.80 Å². The number of piperidine rings is 1. The second kappa shape index (κ2) is 8.06. The van der Waals surface area contributed by atoms with Gasteiger partial charge in [0.1, 0.15) is 11.9 Å². The molecule has 1 amide bonds. The van der Waals surface area contributed by atoms with Crippen LogP contribution in [0.25, 0.3) is 0 Å². The Kier molecular flexibility index (Phi) is 5.69. The number of rotatable bonds is 3. The fourth-order valence-electron chi connectivity index (χ4n) is 4.75. The van der Waals surface area contributed by atoms with Crippen molar-refractivity contribution in [2.75, 3.05) is 26.2 Å². The zero-order chi connectivity index (χ0) is 19.7. The van der Waals surface area contributed by atoms with E-state index < -0.39 is 0 Å². The van der Waals surface area contributed by atoms with E-state index in [1.807, 2.05) is 25.7 Å². The Balaban J connectivity index is 1.32. The molecular formula is C24H36N2O2. The monoisotopic (exact) mass is 384 g/mol. The molecule has 1 saturated carbocycles. The van der Waals surface area contributed by atoms with E-state index >= 15 is 0 Å². The Morgan fingerprint density at radius 2 is 1.64 bits per heavy atom. The lowest BCUT2D eigenvalue weighted by atomic mass is 9.91. The predicted molar refractivity (Wildman–Crippen MR) is 113 cm³/mol. The summed E-state index contributed by atoms with van der Waals surface area (Å²) < 4.78 is 6.33. The molecule has 1 aromatic rings. The van der Waals surface area contributed by atoms with Gasteiger partial charge in [0.25, 0.3) is 0 Å². The van der Waals surface area contributed by atoms with Gasteiger partial charge in [-0.25, -0.2) is 0 Å². The van der Waals surface area contributed by atoms with Crippen molar-refractivity contribution in [3.63, 3.8) is 0 Å². The standard InChI is InChI=1S/C24H36N2O2/c1-24(2,3)23(27)26-15-11-21(12-16-26)28-22-8-7-18-9-13-25(20-5-4-6-20)14-10-19(18)17-22/h7-8,17,20-21H,4-6,9-16H2,1-3H3. The number of carbonyl (C=O) groups is 1. The molecule has 28 heavy (non-hydrogen) atoms. The van der Waals surface area contributed by atoms with Crippen LogP contribution in [0.1, 0.15) is 64.0 Å². The molecule has 1 saturated heterocycles. The van der Waals surface area contributed by atoms with E-state index in [4.69, 9.17) is 4.74 Å². The van der Waals surface area contributed by atoms with E-state index in [0.717, 1.165) is 44.1 Å². The van der Waals surface area contributed by atoms with E-state index in [2.05, 4.69) is 23.1 Å². The van der Waals surface area contributed by atoms with Gasteiger partial charge in [-0.3, -0.25) is 9.69 Å². The summed E-state index contributed by atoms with van der Waals surface area (Å²) in [5.74, 6) is 1.27. The van der Waals surface area contributed by atoms with Gasteiger partial charge in [-0.05, 0) is 48.9 Å². The lowest BCUT2D eigenvalue weighted by molar-refractivity contribution is -0.141. The number of hydrogen-bond donors (Lipinski definition) is 0. The molecular weight excluding hydrogens is 348 g/mol. The second-order valence-corrected chi connectivity index (χ2v) is 9.91. The van der Waals surface area contributed by atoms with Crippen molar-refractivity contribution >= 4 is 5.91 Å². The van der Waals surface area contributed by atoms with E-state index in [9.17, 15) is 4.79 Å². The molecule has 0 N–H and O–H groups in total. The first-order valence-electron chi connectivity index (χ1n) is 11.2. The van der Waals surface area contributed by atoms with Crippen molar-refractivity contribution in [3.8, 4) is 5.75 Å². The van der Waals surface area contributed by atoms with Gasteiger partial charge in [-0.1, -0.05) is 33.3 Å². The fourth-order valence-corrected chi connectivity index (χ4v) is 4.75. The number of benzene rings is 1. The van der Waals surface area contributed by atoms with E-state index in [-0.39, 0.29) is 17.4 Å². The van der Waals surface area contributed by atoms with Gasteiger partial charge < -0.3 is 9.64 Å². The van der Waals surface area contributed by atoms with Crippen LogP contribution in [0.15, 0.2) is 18.2 Å². The molecule has 2 aliphatic heterocycles. The Bertz CT molecular complexity index is 697. The summed E-state index contributed by atoms with van der Waals surface area (Å²) in [6, 6.07) is 7.57. The number of fused-ring (bicyclic) bond motifs is 1. The number of likely N-dealkylation sites (tertiary alicyclic amines) is 1. The van der Waals surface area contributed by atoms with Crippen molar-refractivity contribution in [3.05, 3.63) is 29.3 Å². The molecule has 154 valence electrons. The first kappa shape index (κ1) is 19.8. The average molecular weight is 385 g/mol. The normalized spacial score (nSPS) is 22.3. The second-order valence-electron chi connectivity index (χ2n) is 9.91. The first-order valence-corrected chi connectivity index (χ1v) is 11.2. The maximum Gasteiger partial charge on any atom is 0.227 e. The first-order chi connectivity index (χ1) is 13.4. The van der Waals surface area contributed by atoms with Crippen LogP contribution in [0.5, 0.6) is 5.75 Å². The lowest BCUT2D eigenvalue weighted by Gasteiger charge is -2.36. The Morgan fingerprint density at radius 3 is 2.25 bits per heavy atom. The highest BCUT2D eigenvalue weighted by Gasteiger charge is 2.31. The third kappa shape index (κ3) is 4.37. The molecule has 0 bridgehead atoms. The van der Waals surface area contributed by atoms with Crippen LogP contribution < -0.4 is 4.74 Å². The molecule has 4 nitrogen and oxygen atoms in total. The number of ether oxygens (including phenoxy) is 1. The molecule has 4 heteroatoms. The summed E-state index contributed by atoms with van der Waals surface area (Å²) in [5, 5.41) is 0. The van der Waals surface area contributed by atoms with Crippen LogP contribution in [0, 0.1) is 5.41 Å². The molecule has 0 spiro atoms. The topological polar surface area (TPSA) is 32.8 Å². The van der Waals surface area contributed by atoms with Gasteiger partial charge in [0.2, 0.25) is 5.91 Å². The lowest BCUT2D eigenvalue weighted by Crippen LogP contribution is -2.46. The molecule has 3 aliphatic rings. The summed E-state index contributed by atoms with van der Waals surface area (Å²) in [6.45, 7) is 10.0. The highest BCUT2D eigenvalue weighted by atomic mass is 16.5. The molecule has 1 aliphatic carbocycles. The van der Waals surface area contributed by atoms with Crippen molar-refractivity contribution < 1.29 is 9.53 Å². The van der Waals surface area contributed by atoms with Crippen LogP contribution in [-0.2, 0) is 17.6 Å². The number of carbonyl (C=O) groups excluding carboxylic acids is 1. The summed E-state index contributed by atoms with van der Waals surface area (Å²) in [4.78, 5) is 17.2. The number of nitrogens with zero attached hydrogens (tertiary/aromatic N) is 2. The summed E-state index contributed by atoms with van der Waals surface area (Å²) in [5.41, 5.74) is 2.68. The molecule has 0 aromatic heterocycles. The fraction of sp³-hybridized carbons (Fsp3) is 0.708. The van der Waals surface area contributed by atoms with E-state index in [0.29, 0.717) is 0 Å². The zero-order valence-corrected chi connectivity index (χ0v) is 17.9. The highest BCUT2D eigenvalue weighted by molar-refractivity contribution is 5.81. The molecule has 1 aromatic carbocycles. The largest absolute Gasteiger partial charge is 0.490 e. The molecule has 0 unspecified atom stereocenters. The maximum absolute atomic E-state index is 12.5. The van der Waals surface area contributed by atoms with E-state index in [1.54, 1.807) is 0 Å². The van der Waals surface area contributed by atoms with E-state index in [1.165, 1.54) is 49.9 Å². The van der Waals surface area contributed by atoms with Crippen molar-refractivity contribution in [2.24, 2.45) is 5.41 Å². The van der Waals surface area contributed by atoms with Gasteiger partial charge in [0.05, 0.1) is 0 Å². The number of amides is 1. The maximum atomic E-state index is 12.5. The predicted octanol–water partition coefficient (Wildman–Crippen LogP) is 4.06. The van der Waals surface area contributed by atoms with Crippen LogP contribution in [0.2, 0.25) is 0 Å². The van der Waals surface area contributed by atoms with Gasteiger partial charge in [-0.2, -0.15) is 0 Å². The molecule has 4 rings (SSSR count). The third-order valence-corrected chi connectivity index (χ3v) is 6.78. The minimum Gasteiger partial charge on any atom is -0.490 e. The van der Waals surface area contributed by atoms with Crippen LogP contribution in [0.4, 0.5) is 0 Å². The SMILES string of the molecule is CC(C)(C)C(=O)N1CCC(Oc2ccc3c(c2)CCN(C2CCC2)CC3)CC1. The van der Waals surface area contributed by atoms with Crippen LogP contribution in [0.3, 0.4) is 0 Å². The van der Waals surface area contributed by atoms with Crippen molar-refractivity contribution in [2.45, 2.75) is 77.9 Å². The minimum absolute atomic E-state index is 0.222. The van der Waals surface area contributed by atoms with Gasteiger partial charge >= 0.3 is 0 Å². The minimum atomic E-state index is -0.294. The quantitative estimate of drug-likeness (QED) is 0.788. The molecule has 2 fully saturated rings. The Labute approximate surface area is 170 Å². The van der Waals surface area contributed by atoms with Crippen LogP contribution >= 0.6 is 0 Å². The van der Waals surface area contributed by atoms with Gasteiger partial charge in [-0.15, -0.1) is 0 Å². The van der Waals surface area contributed by atoms with Crippen molar-refractivity contribution in [1.29, 1.82) is 0 Å². The Hall–Kier alpha value is -1.55. The zero-order valence-electron chi connectivity index (χ0n) is 17.9. The summed E-state index contributed by atoms with van der Waals surface area (Å²) >= 11 is 0. The molecule has 2 heterocycles. The molecule has 0 atom stereocenters. The average Bonchev–Trinajstić information content (AvgIpc) is 2.82. The van der Waals surface area contributed by atoms with Crippen LogP contribution in [-0.4, -0.2) is 54.0 Å². The smallest absolute Gasteiger partial charge is 0.227 e. The van der Waals surface area contributed by atoms with Gasteiger partial charge in [0.15, 0.2) is 0 Å². The number of hydrogen-bond acceptors (Lipinski definition) is 3. The highest BCUT2D eigenvalue weighted by Crippen LogP contribution is 2.29. The Morgan fingerprint density at radius 1 is 0.964 bits per heavy atom. The summed E-state index contributed by atoms with van der Waals surface area (Å²) in [6.07, 6.45) is 8.57.